The molecule has 0 bridgehead atoms. The first-order valence-corrected chi connectivity index (χ1v) is 11.0. The Morgan fingerprint density at radius 2 is 0.871 bits per heavy atom. The molecule has 0 radical (unpaired) electrons. The first-order chi connectivity index (χ1) is 15.3. The Morgan fingerprint density at radius 1 is 0.452 bits per heavy atom. The van der Waals surface area contributed by atoms with E-state index in [1.807, 2.05) is 0 Å². The van der Waals surface area contributed by atoms with Crippen molar-refractivity contribution >= 4 is 16.7 Å². The molecule has 0 amide bonds. The molecule has 0 heteroatoms. The fourth-order valence-electron chi connectivity index (χ4n) is 5.97. The lowest BCUT2D eigenvalue weighted by Crippen LogP contribution is -2.59. The van der Waals surface area contributed by atoms with Crippen LogP contribution in [0.2, 0.25) is 0 Å². The summed E-state index contributed by atoms with van der Waals surface area (Å²) in [6, 6.07) is 43.8. The van der Waals surface area contributed by atoms with E-state index in [0.717, 1.165) is 0 Å². The van der Waals surface area contributed by atoms with Crippen LogP contribution in [0.5, 0.6) is 0 Å². The summed E-state index contributed by atoms with van der Waals surface area (Å²) in [5.41, 5.74) is 9.41. The van der Waals surface area contributed by atoms with Crippen LogP contribution in [-0.2, 0) is 5.41 Å². The molecule has 148 valence electrons. The van der Waals surface area contributed by atoms with E-state index in [0.29, 0.717) is 0 Å². The highest BCUT2D eigenvalue weighted by Gasteiger charge is 2.69. The minimum Gasteiger partial charge on any atom is -0.0675 e. The third-order valence-corrected chi connectivity index (χ3v) is 7.18. The topological polar surface area (TPSA) is 0 Å². The SMILES string of the molecule is C[C@]12C=C(c3ccccc3)[C@@]1(c1ccccc1)C(c1ccccc1)=C2c1ccccc1. The minimum absolute atomic E-state index is 0.0495. The van der Waals surface area contributed by atoms with Crippen LogP contribution in [0.3, 0.4) is 0 Å². The largest absolute Gasteiger partial charge is 0.0675 e. The molecule has 0 saturated heterocycles. The summed E-state index contributed by atoms with van der Waals surface area (Å²) in [5.74, 6) is 0. The normalized spacial score (nSPS) is 24.0. The summed E-state index contributed by atoms with van der Waals surface area (Å²) in [6.07, 6.45) is 2.50. The zero-order valence-corrected chi connectivity index (χ0v) is 17.6. The van der Waals surface area contributed by atoms with Gasteiger partial charge < -0.3 is 0 Å². The van der Waals surface area contributed by atoms with Gasteiger partial charge in [0.2, 0.25) is 0 Å². The molecule has 0 N–H and O–H groups in total. The second-order valence-corrected chi connectivity index (χ2v) is 8.72. The second kappa shape index (κ2) is 6.68. The van der Waals surface area contributed by atoms with Gasteiger partial charge in [0.25, 0.3) is 0 Å². The van der Waals surface area contributed by atoms with Gasteiger partial charge in [0.15, 0.2) is 0 Å². The van der Waals surface area contributed by atoms with E-state index < -0.39 is 0 Å². The van der Waals surface area contributed by atoms with Crippen LogP contribution in [0.25, 0.3) is 16.7 Å². The average molecular weight is 397 g/mol. The Bertz CT molecular complexity index is 1300. The highest BCUT2D eigenvalue weighted by molar-refractivity contribution is 6.19. The van der Waals surface area contributed by atoms with Gasteiger partial charge in [-0.2, -0.15) is 0 Å². The number of benzene rings is 4. The van der Waals surface area contributed by atoms with E-state index in [-0.39, 0.29) is 10.8 Å². The minimum atomic E-state index is -0.151. The molecule has 4 aromatic rings. The van der Waals surface area contributed by atoms with E-state index in [9.17, 15) is 0 Å². The highest BCUT2D eigenvalue weighted by Crippen LogP contribution is 2.79. The summed E-state index contributed by atoms with van der Waals surface area (Å²) < 4.78 is 0. The van der Waals surface area contributed by atoms with Crippen molar-refractivity contribution in [3.8, 4) is 0 Å². The molecule has 0 nitrogen and oxygen atoms in total. The van der Waals surface area contributed by atoms with E-state index in [1.165, 1.54) is 39.0 Å². The summed E-state index contributed by atoms with van der Waals surface area (Å²) in [7, 11) is 0. The quantitative estimate of drug-likeness (QED) is 0.332. The third-order valence-electron chi connectivity index (χ3n) is 7.18. The van der Waals surface area contributed by atoms with Crippen molar-refractivity contribution < 1.29 is 0 Å². The third kappa shape index (κ3) is 2.31. The number of allylic oxidation sites excluding steroid dienone is 4. The number of fused-ring (bicyclic) bond motifs is 1. The molecule has 0 aromatic heterocycles. The molecule has 31 heavy (non-hydrogen) atoms. The van der Waals surface area contributed by atoms with Crippen LogP contribution in [0, 0.1) is 5.41 Å². The number of rotatable bonds is 4. The molecule has 0 aliphatic heterocycles. The molecule has 0 spiro atoms. The summed E-state index contributed by atoms with van der Waals surface area (Å²) in [5, 5.41) is 0. The Balaban J connectivity index is 1.69. The van der Waals surface area contributed by atoms with Crippen LogP contribution in [0.1, 0.15) is 29.2 Å². The average Bonchev–Trinajstić information content (AvgIpc) is 2.84. The molecule has 6 rings (SSSR count). The van der Waals surface area contributed by atoms with Crippen molar-refractivity contribution in [3.05, 3.63) is 150 Å². The fourth-order valence-corrected chi connectivity index (χ4v) is 5.97. The Hall–Kier alpha value is -3.64. The monoisotopic (exact) mass is 396 g/mol. The van der Waals surface area contributed by atoms with E-state index in [1.54, 1.807) is 0 Å². The van der Waals surface area contributed by atoms with Gasteiger partial charge in [-0.1, -0.05) is 134 Å². The molecular formula is C31H24. The van der Waals surface area contributed by atoms with Crippen LogP contribution in [0.4, 0.5) is 0 Å². The molecule has 2 atom stereocenters. The lowest BCUT2D eigenvalue weighted by molar-refractivity contribution is 0.353. The zero-order valence-electron chi connectivity index (χ0n) is 17.6. The second-order valence-electron chi connectivity index (χ2n) is 8.72. The van der Waals surface area contributed by atoms with Crippen LogP contribution < -0.4 is 0 Å². The van der Waals surface area contributed by atoms with Gasteiger partial charge in [-0.25, -0.2) is 0 Å². The van der Waals surface area contributed by atoms with Gasteiger partial charge in [-0.15, -0.1) is 0 Å². The van der Waals surface area contributed by atoms with E-state index >= 15 is 0 Å². The van der Waals surface area contributed by atoms with Gasteiger partial charge in [-0.3, -0.25) is 0 Å². The predicted molar refractivity (Wildman–Crippen MR) is 130 cm³/mol. The van der Waals surface area contributed by atoms with Crippen LogP contribution >= 0.6 is 0 Å². The van der Waals surface area contributed by atoms with Crippen molar-refractivity contribution in [3.63, 3.8) is 0 Å². The van der Waals surface area contributed by atoms with Crippen molar-refractivity contribution in [2.45, 2.75) is 12.3 Å². The lowest BCUT2D eigenvalue weighted by Gasteiger charge is -2.67. The van der Waals surface area contributed by atoms with Gasteiger partial charge >= 0.3 is 0 Å². The molecule has 2 aliphatic carbocycles. The Morgan fingerprint density at radius 3 is 1.39 bits per heavy atom. The maximum Gasteiger partial charge on any atom is 0.0592 e. The summed E-state index contributed by atoms with van der Waals surface area (Å²) >= 11 is 0. The van der Waals surface area contributed by atoms with Crippen LogP contribution in [-0.4, -0.2) is 0 Å². The molecule has 0 fully saturated rings. The lowest BCUT2D eigenvalue weighted by atomic mass is 9.34. The maximum absolute atomic E-state index is 2.50. The van der Waals surface area contributed by atoms with E-state index in [4.69, 9.17) is 0 Å². The first kappa shape index (κ1) is 18.2. The standard InChI is InChI=1S/C31H24/c1-30-22-27(23-14-6-2-7-15-23)31(30,26-20-12-5-13-21-26)29(25-18-10-4-11-19-25)28(30)24-16-8-3-9-17-24/h2-22H,1H3/t30-,31+/m1/s1. The van der Waals surface area contributed by atoms with Crippen molar-refractivity contribution in [1.29, 1.82) is 0 Å². The smallest absolute Gasteiger partial charge is 0.0592 e. The Labute approximate surface area is 184 Å². The van der Waals surface area contributed by atoms with Crippen molar-refractivity contribution in [2.24, 2.45) is 5.41 Å². The molecular weight excluding hydrogens is 372 g/mol. The molecule has 0 saturated carbocycles. The van der Waals surface area contributed by atoms with Gasteiger partial charge in [-0.05, 0) is 39.0 Å². The summed E-state index contributed by atoms with van der Waals surface area (Å²) in [6.45, 7) is 2.42. The first-order valence-electron chi connectivity index (χ1n) is 11.0. The fraction of sp³-hybridized carbons (Fsp3) is 0.0968. The van der Waals surface area contributed by atoms with Gasteiger partial charge in [0, 0.05) is 5.41 Å². The molecule has 0 unspecified atom stereocenters. The van der Waals surface area contributed by atoms with Gasteiger partial charge in [0.05, 0.1) is 5.41 Å². The van der Waals surface area contributed by atoms with Gasteiger partial charge in [0.1, 0.15) is 0 Å². The van der Waals surface area contributed by atoms with Crippen LogP contribution in [0.15, 0.2) is 127 Å². The predicted octanol–water partition coefficient (Wildman–Crippen LogP) is 7.65. The molecule has 4 aromatic carbocycles. The Kier molecular flexibility index (Phi) is 3.91. The van der Waals surface area contributed by atoms with Crippen molar-refractivity contribution in [1.82, 2.24) is 0 Å². The highest BCUT2D eigenvalue weighted by atomic mass is 14.7. The summed E-state index contributed by atoms with van der Waals surface area (Å²) in [4.78, 5) is 0. The zero-order chi connectivity index (χ0) is 20.9. The number of hydrogen-bond acceptors (Lipinski definition) is 0. The number of hydrogen-bond donors (Lipinski definition) is 0. The molecule has 0 heterocycles. The molecule has 2 aliphatic rings. The maximum atomic E-state index is 2.50. The van der Waals surface area contributed by atoms with Crippen molar-refractivity contribution in [2.75, 3.05) is 0 Å². The van der Waals surface area contributed by atoms with E-state index in [2.05, 4.69) is 134 Å².